The van der Waals surface area contributed by atoms with Crippen LogP contribution >= 0.6 is 0 Å². The van der Waals surface area contributed by atoms with Gasteiger partial charge in [-0.2, -0.15) is 0 Å². The number of aliphatic carboxylic acids is 1. The van der Waals surface area contributed by atoms with Gasteiger partial charge < -0.3 is 10.2 Å². The number of carboxylic acids is 1. The predicted octanol–water partition coefficient (Wildman–Crippen LogP) is 2.77. The van der Waals surface area contributed by atoms with Crippen molar-refractivity contribution in [2.24, 2.45) is 11.8 Å². The summed E-state index contributed by atoms with van der Waals surface area (Å²) in [5.41, 5.74) is 1.91. The first-order valence-corrected chi connectivity index (χ1v) is 11.4. The number of para-hydroxylation sites is 1. The number of imide groups is 1. The van der Waals surface area contributed by atoms with E-state index in [-0.39, 0.29) is 0 Å². The average Bonchev–Trinajstić information content (AvgIpc) is 3.28. The summed E-state index contributed by atoms with van der Waals surface area (Å²) in [7, 11) is 0. The molecule has 0 bridgehead atoms. The number of rotatable bonds is 6. The number of aliphatic hydroxyl groups excluding tert-OH is 1. The van der Waals surface area contributed by atoms with Crippen LogP contribution in [0.15, 0.2) is 42.5 Å². The Bertz CT molecular complexity index is 1110. The van der Waals surface area contributed by atoms with Gasteiger partial charge in [-0.15, -0.1) is 0 Å². The molecule has 2 fully saturated rings. The van der Waals surface area contributed by atoms with E-state index in [2.05, 4.69) is 5.32 Å². The average molecular weight is 451 g/mol. The van der Waals surface area contributed by atoms with Crippen molar-refractivity contribution in [2.45, 2.75) is 58.2 Å². The molecule has 0 spiro atoms. The molecule has 7 nitrogen and oxygen atoms in total. The molecular formula is C26H30N2O5. The summed E-state index contributed by atoms with van der Waals surface area (Å²) >= 11 is 0. The van der Waals surface area contributed by atoms with Gasteiger partial charge >= 0.3 is 5.97 Å². The lowest BCUT2D eigenvalue weighted by Gasteiger charge is -2.34. The lowest BCUT2D eigenvalue weighted by molar-refractivity contribution is -0.154. The number of nitrogens with one attached hydrogen (secondary N) is 1. The molecule has 5 atom stereocenters. The summed E-state index contributed by atoms with van der Waals surface area (Å²) in [5.74, 6) is -4.52. The fraction of sp³-hybridized carbons (Fsp3) is 0.423. The summed E-state index contributed by atoms with van der Waals surface area (Å²) in [6.45, 7) is 7.16. The van der Waals surface area contributed by atoms with Gasteiger partial charge in [0, 0.05) is 6.04 Å². The van der Waals surface area contributed by atoms with Crippen LogP contribution in [0.1, 0.15) is 49.1 Å². The van der Waals surface area contributed by atoms with Crippen molar-refractivity contribution in [2.75, 3.05) is 4.90 Å². The Morgan fingerprint density at radius 2 is 1.67 bits per heavy atom. The van der Waals surface area contributed by atoms with Crippen molar-refractivity contribution in [1.29, 1.82) is 0 Å². The van der Waals surface area contributed by atoms with E-state index in [4.69, 9.17) is 0 Å². The summed E-state index contributed by atoms with van der Waals surface area (Å²) in [6.07, 6.45) is -0.161. The van der Waals surface area contributed by atoms with Gasteiger partial charge in [0.25, 0.3) is 0 Å². The van der Waals surface area contributed by atoms with Crippen molar-refractivity contribution in [3.8, 4) is 0 Å². The number of fused-ring (bicyclic) bond motifs is 1. The third kappa shape index (κ3) is 3.21. The zero-order chi connectivity index (χ0) is 24.1. The van der Waals surface area contributed by atoms with Crippen LogP contribution in [0.5, 0.6) is 0 Å². The zero-order valence-electron chi connectivity index (χ0n) is 19.3. The lowest BCUT2D eigenvalue weighted by Crippen LogP contribution is -2.62. The van der Waals surface area contributed by atoms with Crippen LogP contribution in [-0.4, -0.2) is 39.6 Å². The molecule has 0 aliphatic carbocycles. The van der Waals surface area contributed by atoms with Gasteiger partial charge in [0.05, 0.1) is 23.6 Å². The summed E-state index contributed by atoms with van der Waals surface area (Å²) in [5, 5.41) is 24.0. The summed E-state index contributed by atoms with van der Waals surface area (Å²) < 4.78 is 0. The van der Waals surface area contributed by atoms with Gasteiger partial charge in [-0.25, -0.2) is 4.90 Å². The molecule has 0 aromatic heterocycles. The number of amides is 2. The molecule has 174 valence electrons. The van der Waals surface area contributed by atoms with Crippen LogP contribution in [0.25, 0.3) is 0 Å². The van der Waals surface area contributed by atoms with Gasteiger partial charge in [-0.1, -0.05) is 56.3 Å². The summed E-state index contributed by atoms with van der Waals surface area (Å²) in [6, 6.07) is 12.4. The quantitative estimate of drug-likeness (QED) is 0.585. The fourth-order valence-electron chi connectivity index (χ4n) is 5.63. The molecule has 3 N–H and O–H groups in total. The molecular weight excluding hydrogens is 420 g/mol. The Balaban J connectivity index is 1.95. The standard InChI is InChI=1S/C26H30N2O5/c1-5-16-11-9-12-17(6-2)22(16)28-23(30)19-20(24(28)31)26(15(4)29,25(32)33)27-21(19)18-13-8-7-10-14(18)3/h7-13,15,19-21,27,29H,5-6H2,1-4H3,(H,32,33). The number of benzene rings is 2. The van der Waals surface area contributed by atoms with Crippen LogP contribution in [-0.2, 0) is 27.2 Å². The highest BCUT2D eigenvalue weighted by atomic mass is 16.4. The molecule has 2 saturated heterocycles. The van der Waals surface area contributed by atoms with E-state index in [0.29, 0.717) is 18.5 Å². The molecule has 2 aromatic carbocycles. The van der Waals surface area contributed by atoms with Crippen LogP contribution in [0, 0.1) is 18.8 Å². The Morgan fingerprint density at radius 3 is 2.18 bits per heavy atom. The first kappa shape index (κ1) is 23.1. The van der Waals surface area contributed by atoms with E-state index in [1.165, 1.54) is 11.8 Å². The predicted molar refractivity (Wildman–Crippen MR) is 124 cm³/mol. The fourth-order valence-corrected chi connectivity index (χ4v) is 5.63. The second-order valence-electron chi connectivity index (χ2n) is 8.98. The van der Waals surface area contributed by atoms with Gasteiger partial charge in [0.1, 0.15) is 0 Å². The van der Waals surface area contributed by atoms with E-state index in [9.17, 15) is 24.6 Å². The molecule has 7 heteroatoms. The molecule has 0 saturated carbocycles. The number of carbonyl (C=O) groups is 3. The largest absolute Gasteiger partial charge is 0.480 e. The van der Waals surface area contributed by atoms with Gasteiger partial charge in [0.2, 0.25) is 11.8 Å². The number of anilines is 1. The van der Waals surface area contributed by atoms with Crippen LogP contribution < -0.4 is 10.2 Å². The highest BCUT2D eigenvalue weighted by Gasteiger charge is 2.70. The monoisotopic (exact) mass is 450 g/mol. The molecule has 0 radical (unpaired) electrons. The zero-order valence-corrected chi connectivity index (χ0v) is 19.3. The molecule has 2 aliphatic heterocycles. The minimum Gasteiger partial charge on any atom is -0.480 e. The van der Waals surface area contributed by atoms with Gasteiger partial charge in [-0.05, 0) is 48.9 Å². The second-order valence-corrected chi connectivity index (χ2v) is 8.98. The van der Waals surface area contributed by atoms with Crippen molar-refractivity contribution in [3.05, 3.63) is 64.7 Å². The third-order valence-electron chi connectivity index (χ3n) is 7.32. The first-order valence-electron chi connectivity index (χ1n) is 11.4. The van der Waals surface area contributed by atoms with Crippen molar-refractivity contribution in [3.63, 3.8) is 0 Å². The minimum absolute atomic E-state index is 0.426. The molecule has 2 amide bonds. The molecule has 2 aromatic rings. The van der Waals surface area contributed by atoms with Crippen molar-refractivity contribution >= 4 is 23.5 Å². The van der Waals surface area contributed by atoms with Crippen LogP contribution in [0.2, 0.25) is 0 Å². The Morgan fingerprint density at radius 1 is 1.06 bits per heavy atom. The number of carbonyl (C=O) groups excluding carboxylic acids is 2. The van der Waals surface area contributed by atoms with Gasteiger partial charge in [-0.3, -0.25) is 19.7 Å². The highest BCUT2D eigenvalue weighted by molar-refractivity contribution is 6.25. The van der Waals surface area contributed by atoms with E-state index in [1.54, 1.807) is 0 Å². The lowest BCUT2D eigenvalue weighted by atomic mass is 9.76. The molecule has 2 aliphatic rings. The maximum Gasteiger partial charge on any atom is 0.327 e. The SMILES string of the molecule is CCc1cccc(CC)c1N1C(=O)C2C(c3ccccc3C)NC(C(=O)O)(C(C)O)C2C1=O. The Labute approximate surface area is 193 Å². The number of aryl methyl sites for hydroxylation is 3. The third-order valence-corrected chi connectivity index (χ3v) is 7.32. The number of hydrogen-bond donors (Lipinski definition) is 3. The van der Waals surface area contributed by atoms with E-state index < -0.39 is 47.3 Å². The topological polar surface area (TPSA) is 107 Å². The molecule has 4 rings (SSSR count). The van der Waals surface area contributed by atoms with Crippen molar-refractivity contribution in [1.82, 2.24) is 5.32 Å². The van der Waals surface area contributed by atoms with E-state index in [0.717, 1.165) is 22.3 Å². The maximum absolute atomic E-state index is 14.0. The van der Waals surface area contributed by atoms with Gasteiger partial charge in [0.15, 0.2) is 5.54 Å². The number of carboxylic acid groups (broad SMARTS) is 1. The Hall–Kier alpha value is -3.03. The maximum atomic E-state index is 14.0. The van der Waals surface area contributed by atoms with Crippen LogP contribution in [0.3, 0.4) is 0 Å². The summed E-state index contributed by atoms with van der Waals surface area (Å²) in [4.78, 5) is 41.7. The number of aliphatic hydroxyl groups is 1. The highest BCUT2D eigenvalue weighted by Crippen LogP contribution is 2.52. The molecule has 5 unspecified atom stereocenters. The minimum atomic E-state index is -1.98. The first-order chi connectivity index (χ1) is 15.7. The number of nitrogens with zero attached hydrogens (tertiary/aromatic N) is 1. The van der Waals surface area contributed by atoms with Crippen LogP contribution in [0.4, 0.5) is 5.69 Å². The molecule has 2 heterocycles. The molecule has 33 heavy (non-hydrogen) atoms. The number of hydrogen-bond acceptors (Lipinski definition) is 5. The second kappa shape index (κ2) is 8.39. The smallest absolute Gasteiger partial charge is 0.327 e. The normalized spacial score (nSPS) is 27.7. The van der Waals surface area contributed by atoms with E-state index in [1.807, 2.05) is 63.2 Å². The Kier molecular flexibility index (Phi) is 5.88. The van der Waals surface area contributed by atoms with Crippen molar-refractivity contribution < 1.29 is 24.6 Å². The van der Waals surface area contributed by atoms with E-state index >= 15 is 0 Å².